The largest absolute Gasteiger partial charge is 0.491 e. The lowest BCUT2D eigenvalue weighted by Gasteiger charge is -2.34. The minimum atomic E-state index is -0.225. The van der Waals surface area contributed by atoms with Crippen molar-refractivity contribution >= 4 is 12.0 Å². The standard InChI is InChI=1S/C22H31N3O5/c1-2-29-22(27)24-8-6-23(7-9-24)14-17-3-4-20-19(13-17)15-25(10-12-30-20)21(26)18-5-11-28-16-18/h3-4,13,18H,2,5-12,14-16H2,1H3. The fourth-order valence-corrected chi connectivity index (χ4v) is 4.28. The number of hydrogen-bond donors (Lipinski definition) is 0. The van der Waals surface area contributed by atoms with E-state index in [2.05, 4.69) is 17.0 Å². The molecule has 0 aromatic heterocycles. The van der Waals surface area contributed by atoms with Gasteiger partial charge in [0.1, 0.15) is 12.4 Å². The molecule has 3 aliphatic heterocycles. The topological polar surface area (TPSA) is 71.6 Å². The van der Waals surface area contributed by atoms with E-state index in [0.29, 0.717) is 52.6 Å². The fourth-order valence-electron chi connectivity index (χ4n) is 4.28. The summed E-state index contributed by atoms with van der Waals surface area (Å²) in [7, 11) is 0. The maximum atomic E-state index is 12.8. The van der Waals surface area contributed by atoms with E-state index in [1.54, 1.807) is 4.90 Å². The van der Waals surface area contributed by atoms with Crippen molar-refractivity contribution in [3.63, 3.8) is 0 Å². The summed E-state index contributed by atoms with van der Waals surface area (Å²) in [5.74, 6) is 1.01. The Morgan fingerprint density at radius 1 is 1.10 bits per heavy atom. The third-order valence-electron chi connectivity index (χ3n) is 6.00. The van der Waals surface area contributed by atoms with E-state index in [9.17, 15) is 9.59 Å². The quantitative estimate of drug-likeness (QED) is 0.743. The van der Waals surface area contributed by atoms with Crippen LogP contribution in [0.4, 0.5) is 4.79 Å². The zero-order valence-corrected chi connectivity index (χ0v) is 17.7. The van der Waals surface area contributed by atoms with Gasteiger partial charge in [-0.15, -0.1) is 0 Å². The number of amides is 2. The molecule has 8 nitrogen and oxygen atoms in total. The van der Waals surface area contributed by atoms with Gasteiger partial charge in [0.2, 0.25) is 5.91 Å². The van der Waals surface area contributed by atoms with Crippen LogP contribution in [0.3, 0.4) is 0 Å². The van der Waals surface area contributed by atoms with Crippen molar-refractivity contribution in [2.45, 2.75) is 26.4 Å². The van der Waals surface area contributed by atoms with E-state index in [-0.39, 0.29) is 17.9 Å². The lowest BCUT2D eigenvalue weighted by atomic mass is 10.1. The Bertz CT molecular complexity index is 757. The van der Waals surface area contributed by atoms with Gasteiger partial charge in [-0.05, 0) is 31.0 Å². The summed E-state index contributed by atoms with van der Waals surface area (Å²) in [6, 6.07) is 6.27. The molecule has 0 N–H and O–H groups in total. The molecular weight excluding hydrogens is 386 g/mol. The van der Waals surface area contributed by atoms with Gasteiger partial charge >= 0.3 is 6.09 Å². The van der Waals surface area contributed by atoms with Crippen molar-refractivity contribution in [1.29, 1.82) is 0 Å². The first-order valence-corrected chi connectivity index (χ1v) is 10.9. The number of hydrogen-bond acceptors (Lipinski definition) is 6. The highest BCUT2D eigenvalue weighted by Gasteiger charge is 2.30. The molecule has 3 aliphatic rings. The maximum Gasteiger partial charge on any atom is 0.409 e. The molecule has 1 atom stereocenters. The summed E-state index contributed by atoms with van der Waals surface area (Å²) in [6.07, 6.45) is 0.581. The molecule has 1 aromatic rings. The van der Waals surface area contributed by atoms with Crippen molar-refractivity contribution in [2.24, 2.45) is 5.92 Å². The number of fused-ring (bicyclic) bond motifs is 1. The Labute approximate surface area is 177 Å². The smallest absolute Gasteiger partial charge is 0.409 e. The molecule has 1 unspecified atom stereocenters. The second-order valence-electron chi connectivity index (χ2n) is 8.07. The second kappa shape index (κ2) is 9.66. The minimum absolute atomic E-state index is 0.0228. The highest BCUT2D eigenvalue weighted by Crippen LogP contribution is 2.27. The second-order valence-corrected chi connectivity index (χ2v) is 8.07. The highest BCUT2D eigenvalue weighted by molar-refractivity contribution is 5.79. The van der Waals surface area contributed by atoms with Crippen molar-refractivity contribution in [3.05, 3.63) is 29.3 Å². The van der Waals surface area contributed by atoms with Crippen LogP contribution >= 0.6 is 0 Å². The molecule has 164 valence electrons. The van der Waals surface area contributed by atoms with Gasteiger partial charge in [-0.1, -0.05) is 6.07 Å². The van der Waals surface area contributed by atoms with Gasteiger partial charge in [0, 0.05) is 51.4 Å². The number of nitrogens with zero attached hydrogens (tertiary/aromatic N) is 3. The van der Waals surface area contributed by atoms with Gasteiger partial charge in [-0.2, -0.15) is 0 Å². The first kappa shape index (κ1) is 20.9. The average molecular weight is 418 g/mol. The molecule has 2 saturated heterocycles. The van der Waals surface area contributed by atoms with Crippen LogP contribution in [0.1, 0.15) is 24.5 Å². The normalized spacial score (nSPS) is 22.2. The molecule has 0 aliphatic carbocycles. The van der Waals surface area contributed by atoms with Crippen molar-refractivity contribution < 1.29 is 23.8 Å². The predicted molar refractivity (Wildman–Crippen MR) is 110 cm³/mol. The molecule has 0 saturated carbocycles. The van der Waals surface area contributed by atoms with Crippen LogP contribution < -0.4 is 4.74 Å². The van der Waals surface area contributed by atoms with E-state index < -0.39 is 0 Å². The van der Waals surface area contributed by atoms with Gasteiger partial charge in [0.25, 0.3) is 0 Å². The van der Waals surface area contributed by atoms with Gasteiger partial charge in [-0.3, -0.25) is 9.69 Å². The summed E-state index contributed by atoms with van der Waals surface area (Å²) >= 11 is 0. The van der Waals surface area contributed by atoms with Crippen LogP contribution in [-0.4, -0.2) is 85.9 Å². The summed E-state index contributed by atoms with van der Waals surface area (Å²) in [6.45, 7) is 8.94. The monoisotopic (exact) mass is 417 g/mol. The van der Waals surface area contributed by atoms with Crippen LogP contribution in [0.5, 0.6) is 5.75 Å². The van der Waals surface area contributed by atoms with Gasteiger partial charge < -0.3 is 24.0 Å². The fraction of sp³-hybridized carbons (Fsp3) is 0.636. The Kier molecular flexibility index (Phi) is 6.74. The summed E-state index contributed by atoms with van der Waals surface area (Å²) < 4.78 is 16.4. The molecule has 4 rings (SSSR count). The Morgan fingerprint density at radius 2 is 1.93 bits per heavy atom. The third-order valence-corrected chi connectivity index (χ3v) is 6.00. The minimum Gasteiger partial charge on any atom is -0.491 e. The maximum absolute atomic E-state index is 12.8. The van der Waals surface area contributed by atoms with Crippen molar-refractivity contribution in [3.8, 4) is 5.75 Å². The molecule has 0 spiro atoms. The summed E-state index contributed by atoms with van der Waals surface area (Å²) in [5.41, 5.74) is 2.25. The van der Waals surface area contributed by atoms with Crippen molar-refractivity contribution in [2.75, 3.05) is 59.2 Å². The number of piperazine rings is 1. The SMILES string of the molecule is CCOC(=O)N1CCN(Cc2ccc3c(c2)CN(C(=O)C2CCOC2)CCO3)CC1. The Hall–Kier alpha value is -2.32. The molecule has 30 heavy (non-hydrogen) atoms. The number of rotatable bonds is 4. The third kappa shape index (κ3) is 4.87. The highest BCUT2D eigenvalue weighted by atomic mass is 16.6. The van der Waals surface area contributed by atoms with Crippen LogP contribution in [-0.2, 0) is 27.4 Å². The van der Waals surface area contributed by atoms with E-state index in [0.717, 1.165) is 37.4 Å². The lowest BCUT2D eigenvalue weighted by molar-refractivity contribution is -0.136. The van der Waals surface area contributed by atoms with Gasteiger partial charge in [0.15, 0.2) is 0 Å². The van der Waals surface area contributed by atoms with E-state index in [1.165, 1.54) is 5.56 Å². The molecular formula is C22H31N3O5. The van der Waals surface area contributed by atoms with E-state index >= 15 is 0 Å². The van der Waals surface area contributed by atoms with Crippen LogP contribution in [0.2, 0.25) is 0 Å². The van der Waals surface area contributed by atoms with Crippen LogP contribution in [0.25, 0.3) is 0 Å². The molecule has 8 heteroatoms. The molecule has 2 amide bonds. The summed E-state index contributed by atoms with van der Waals surface area (Å²) in [4.78, 5) is 30.7. The molecule has 2 fully saturated rings. The number of ether oxygens (including phenoxy) is 3. The zero-order chi connectivity index (χ0) is 20.9. The first-order chi connectivity index (χ1) is 14.6. The molecule has 1 aromatic carbocycles. The molecule has 3 heterocycles. The van der Waals surface area contributed by atoms with Crippen LogP contribution in [0, 0.1) is 5.92 Å². The first-order valence-electron chi connectivity index (χ1n) is 10.9. The Morgan fingerprint density at radius 3 is 2.67 bits per heavy atom. The van der Waals surface area contributed by atoms with Gasteiger partial charge in [-0.25, -0.2) is 4.79 Å². The van der Waals surface area contributed by atoms with Gasteiger partial charge in [0.05, 0.1) is 25.7 Å². The molecule has 0 radical (unpaired) electrons. The number of carbonyl (C=O) groups is 2. The average Bonchev–Trinajstić information content (AvgIpc) is 3.21. The van der Waals surface area contributed by atoms with Crippen molar-refractivity contribution in [1.82, 2.24) is 14.7 Å². The zero-order valence-electron chi connectivity index (χ0n) is 17.7. The predicted octanol–water partition coefficient (Wildman–Crippen LogP) is 1.72. The van der Waals surface area contributed by atoms with E-state index in [4.69, 9.17) is 14.2 Å². The molecule has 0 bridgehead atoms. The lowest BCUT2D eigenvalue weighted by Crippen LogP contribution is -2.48. The number of carbonyl (C=O) groups excluding carboxylic acids is 2. The van der Waals surface area contributed by atoms with Crippen LogP contribution in [0.15, 0.2) is 18.2 Å². The van der Waals surface area contributed by atoms with E-state index in [1.807, 2.05) is 17.9 Å². The Balaban J connectivity index is 1.36. The summed E-state index contributed by atoms with van der Waals surface area (Å²) in [5, 5.41) is 0. The number of benzene rings is 1.